The van der Waals surface area contributed by atoms with Crippen LogP contribution in [-0.2, 0) is 4.79 Å². The van der Waals surface area contributed by atoms with E-state index in [-0.39, 0.29) is 17.4 Å². The van der Waals surface area contributed by atoms with Gasteiger partial charge in [-0.3, -0.25) is 15.0 Å². The van der Waals surface area contributed by atoms with Gasteiger partial charge in [0.05, 0.1) is 11.9 Å². The standard InChI is InChI=1S/C20H25N5O2/c1-4-6-15(7-5-2)19(26)23-24-13-21-18-17(20(24)27)12-22-25(18)16-10-8-14(3)9-11-16/h8-13,15H,4-7H2,1-3H3,(H,23,26). The maximum atomic E-state index is 12.8. The summed E-state index contributed by atoms with van der Waals surface area (Å²) in [7, 11) is 0. The fourth-order valence-corrected chi connectivity index (χ4v) is 3.18. The van der Waals surface area contributed by atoms with E-state index in [4.69, 9.17) is 0 Å². The second-order valence-corrected chi connectivity index (χ2v) is 6.80. The maximum absolute atomic E-state index is 12.8. The van der Waals surface area contributed by atoms with Crippen LogP contribution in [0, 0.1) is 12.8 Å². The molecule has 0 bridgehead atoms. The normalized spacial score (nSPS) is 11.3. The van der Waals surface area contributed by atoms with Crippen molar-refractivity contribution in [2.75, 3.05) is 5.43 Å². The summed E-state index contributed by atoms with van der Waals surface area (Å²) < 4.78 is 2.78. The van der Waals surface area contributed by atoms with Crippen LogP contribution >= 0.6 is 0 Å². The van der Waals surface area contributed by atoms with Gasteiger partial charge in [-0.2, -0.15) is 5.10 Å². The van der Waals surface area contributed by atoms with Gasteiger partial charge < -0.3 is 0 Å². The van der Waals surface area contributed by atoms with Crippen LogP contribution in [0.4, 0.5) is 0 Å². The molecule has 0 saturated carbocycles. The molecule has 2 aromatic heterocycles. The third kappa shape index (κ3) is 3.92. The van der Waals surface area contributed by atoms with E-state index in [1.54, 1.807) is 4.68 Å². The summed E-state index contributed by atoms with van der Waals surface area (Å²) in [5, 5.41) is 4.66. The lowest BCUT2D eigenvalue weighted by molar-refractivity contribution is -0.121. The number of nitrogens with one attached hydrogen (secondary N) is 1. The Kier molecular flexibility index (Phi) is 5.69. The molecule has 3 aromatic rings. The van der Waals surface area contributed by atoms with Gasteiger partial charge in [-0.15, -0.1) is 0 Å². The highest BCUT2D eigenvalue weighted by atomic mass is 16.2. The molecular formula is C20H25N5O2. The summed E-state index contributed by atoms with van der Waals surface area (Å²) in [5.74, 6) is -0.245. The number of fused-ring (bicyclic) bond motifs is 1. The minimum absolute atomic E-state index is 0.0992. The van der Waals surface area contributed by atoms with Crippen molar-refractivity contribution in [2.45, 2.75) is 46.5 Å². The molecule has 0 radical (unpaired) electrons. The molecule has 7 heteroatoms. The van der Waals surface area contributed by atoms with E-state index in [0.29, 0.717) is 11.0 Å². The highest BCUT2D eigenvalue weighted by molar-refractivity contribution is 5.86. The monoisotopic (exact) mass is 367 g/mol. The Labute approximate surface area is 158 Å². The van der Waals surface area contributed by atoms with Crippen molar-refractivity contribution in [1.29, 1.82) is 0 Å². The number of aromatic nitrogens is 4. The fourth-order valence-electron chi connectivity index (χ4n) is 3.18. The summed E-state index contributed by atoms with van der Waals surface area (Å²) in [6, 6.07) is 7.81. The van der Waals surface area contributed by atoms with Crippen LogP contribution in [-0.4, -0.2) is 25.3 Å². The lowest BCUT2D eigenvalue weighted by atomic mass is 9.98. The molecule has 1 amide bonds. The first-order chi connectivity index (χ1) is 13.0. The summed E-state index contributed by atoms with van der Waals surface area (Å²) in [4.78, 5) is 29.6. The third-order valence-electron chi connectivity index (χ3n) is 4.64. The lowest BCUT2D eigenvalue weighted by Gasteiger charge is -2.16. The molecule has 7 nitrogen and oxygen atoms in total. The van der Waals surface area contributed by atoms with Crippen molar-refractivity contribution in [2.24, 2.45) is 5.92 Å². The minimum atomic E-state index is -0.335. The number of rotatable bonds is 7. The lowest BCUT2D eigenvalue weighted by Crippen LogP contribution is -2.36. The van der Waals surface area contributed by atoms with Crippen LogP contribution in [0.15, 0.2) is 41.6 Å². The Morgan fingerprint density at radius 1 is 1.15 bits per heavy atom. The second kappa shape index (κ2) is 8.16. The Morgan fingerprint density at radius 2 is 1.81 bits per heavy atom. The largest absolute Gasteiger partial charge is 0.283 e. The predicted octanol–water partition coefficient (Wildman–Crippen LogP) is 3.18. The summed E-state index contributed by atoms with van der Waals surface area (Å²) in [6.45, 7) is 6.11. The Hall–Kier alpha value is -2.96. The molecule has 0 fully saturated rings. The summed E-state index contributed by atoms with van der Waals surface area (Å²) in [6.07, 6.45) is 6.29. The number of carbonyl (C=O) groups is 1. The average molecular weight is 367 g/mol. The molecule has 142 valence electrons. The van der Waals surface area contributed by atoms with Gasteiger partial charge in [0.15, 0.2) is 5.65 Å². The molecular weight excluding hydrogens is 342 g/mol. The fraction of sp³-hybridized carbons (Fsp3) is 0.400. The van der Waals surface area contributed by atoms with Gasteiger partial charge in [0, 0.05) is 5.92 Å². The molecule has 1 aromatic carbocycles. The third-order valence-corrected chi connectivity index (χ3v) is 4.64. The van der Waals surface area contributed by atoms with Crippen molar-refractivity contribution in [3.8, 4) is 5.69 Å². The van der Waals surface area contributed by atoms with E-state index in [9.17, 15) is 9.59 Å². The average Bonchev–Trinajstić information content (AvgIpc) is 3.09. The molecule has 0 aliphatic heterocycles. The number of hydrogen-bond donors (Lipinski definition) is 1. The predicted molar refractivity (Wildman–Crippen MR) is 106 cm³/mol. The van der Waals surface area contributed by atoms with Gasteiger partial charge in [-0.25, -0.2) is 14.3 Å². The van der Waals surface area contributed by atoms with Gasteiger partial charge >= 0.3 is 0 Å². The first kappa shape index (κ1) is 18.8. The zero-order chi connectivity index (χ0) is 19.4. The molecule has 0 unspecified atom stereocenters. The Balaban J connectivity index is 1.91. The van der Waals surface area contributed by atoms with Crippen LogP contribution in [0.1, 0.15) is 45.1 Å². The quantitative estimate of drug-likeness (QED) is 0.695. The van der Waals surface area contributed by atoms with Crippen LogP contribution in [0.5, 0.6) is 0 Å². The number of amides is 1. The zero-order valence-electron chi connectivity index (χ0n) is 16.0. The van der Waals surface area contributed by atoms with Crippen molar-refractivity contribution < 1.29 is 4.79 Å². The van der Waals surface area contributed by atoms with Gasteiger partial charge in [0.25, 0.3) is 5.56 Å². The molecule has 3 rings (SSSR count). The second-order valence-electron chi connectivity index (χ2n) is 6.80. The SMILES string of the molecule is CCCC(CCC)C(=O)Nn1cnc2c(cnn2-c2ccc(C)cc2)c1=O. The van der Waals surface area contributed by atoms with Crippen LogP contribution in [0.25, 0.3) is 16.7 Å². The number of aryl methyl sites for hydroxylation is 1. The van der Waals surface area contributed by atoms with Crippen LogP contribution < -0.4 is 11.0 Å². The summed E-state index contributed by atoms with van der Waals surface area (Å²) >= 11 is 0. The number of benzene rings is 1. The highest BCUT2D eigenvalue weighted by Gasteiger charge is 2.18. The number of nitrogens with zero attached hydrogens (tertiary/aromatic N) is 4. The van der Waals surface area contributed by atoms with E-state index >= 15 is 0 Å². The van der Waals surface area contributed by atoms with Gasteiger partial charge in [0.1, 0.15) is 11.7 Å². The smallest absolute Gasteiger partial charge is 0.273 e. The van der Waals surface area contributed by atoms with Crippen molar-refractivity contribution >= 4 is 16.9 Å². The Morgan fingerprint density at radius 3 is 2.44 bits per heavy atom. The number of hydrogen-bond acceptors (Lipinski definition) is 4. The van der Waals surface area contributed by atoms with E-state index in [0.717, 1.165) is 41.6 Å². The van der Waals surface area contributed by atoms with Crippen LogP contribution in [0.3, 0.4) is 0 Å². The van der Waals surface area contributed by atoms with Gasteiger partial charge in [-0.05, 0) is 31.9 Å². The van der Waals surface area contributed by atoms with Gasteiger partial charge in [-0.1, -0.05) is 44.4 Å². The minimum Gasteiger partial charge on any atom is -0.273 e. The van der Waals surface area contributed by atoms with Crippen LogP contribution in [0.2, 0.25) is 0 Å². The van der Waals surface area contributed by atoms with Crippen molar-refractivity contribution in [3.05, 3.63) is 52.7 Å². The molecule has 1 N–H and O–H groups in total. The molecule has 0 atom stereocenters. The first-order valence-electron chi connectivity index (χ1n) is 9.38. The van der Waals surface area contributed by atoms with E-state index in [1.165, 1.54) is 12.5 Å². The molecule has 2 heterocycles. The summed E-state index contributed by atoms with van der Waals surface area (Å²) in [5.41, 5.74) is 4.79. The first-order valence-corrected chi connectivity index (χ1v) is 9.38. The molecule has 27 heavy (non-hydrogen) atoms. The van der Waals surface area contributed by atoms with Crippen molar-refractivity contribution in [3.63, 3.8) is 0 Å². The zero-order valence-corrected chi connectivity index (χ0v) is 16.0. The number of carbonyl (C=O) groups excluding carboxylic acids is 1. The van der Waals surface area contributed by atoms with Crippen molar-refractivity contribution in [1.82, 2.24) is 19.4 Å². The Bertz CT molecular complexity index is 982. The molecule has 0 aliphatic carbocycles. The molecule has 0 aliphatic rings. The molecule has 0 spiro atoms. The van der Waals surface area contributed by atoms with E-state index in [2.05, 4.69) is 29.4 Å². The molecule has 0 saturated heterocycles. The maximum Gasteiger partial charge on any atom is 0.283 e. The topological polar surface area (TPSA) is 81.8 Å². The van der Waals surface area contributed by atoms with E-state index in [1.807, 2.05) is 31.2 Å². The highest BCUT2D eigenvalue weighted by Crippen LogP contribution is 2.15. The van der Waals surface area contributed by atoms with Gasteiger partial charge in [0.2, 0.25) is 5.91 Å². The van der Waals surface area contributed by atoms with E-state index < -0.39 is 0 Å².